The lowest BCUT2D eigenvalue weighted by molar-refractivity contribution is -0.129. The maximum absolute atomic E-state index is 12.3. The van der Waals surface area contributed by atoms with Crippen LogP contribution >= 0.6 is 0 Å². The van der Waals surface area contributed by atoms with E-state index in [1.54, 1.807) is 48.5 Å². The quantitative estimate of drug-likeness (QED) is 0.0519. The van der Waals surface area contributed by atoms with Crippen molar-refractivity contribution < 1.29 is 33.3 Å². The Kier molecular flexibility index (Phi) is 11.8. The van der Waals surface area contributed by atoms with Crippen LogP contribution < -0.4 is 18.9 Å². The minimum Gasteiger partial charge on any atom is -0.493 e. The second-order valence-electron chi connectivity index (χ2n) is 9.86. The minimum absolute atomic E-state index is 0.268. The van der Waals surface area contributed by atoms with Gasteiger partial charge in [0.15, 0.2) is 0 Å². The van der Waals surface area contributed by atoms with Gasteiger partial charge in [-0.2, -0.15) is 0 Å². The van der Waals surface area contributed by atoms with Crippen molar-refractivity contribution in [2.24, 2.45) is 0 Å². The highest BCUT2D eigenvalue weighted by Crippen LogP contribution is 2.33. The van der Waals surface area contributed by atoms with E-state index in [1.807, 2.05) is 55.5 Å². The van der Waals surface area contributed by atoms with E-state index in [2.05, 4.69) is 31.6 Å². The Labute approximate surface area is 274 Å². The average Bonchev–Trinajstić information content (AvgIpc) is 3.10. The first-order valence-corrected chi connectivity index (χ1v) is 14.7. The van der Waals surface area contributed by atoms with Crippen LogP contribution in [0.4, 0.5) is 0 Å². The van der Waals surface area contributed by atoms with Crippen LogP contribution in [0.15, 0.2) is 123 Å². The summed E-state index contributed by atoms with van der Waals surface area (Å²) in [5.74, 6) is 6.07. The molecule has 0 aliphatic heterocycles. The summed E-state index contributed by atoms with van der Waals surface area (Å²) in [6, 6.07) is 25.3. The van der Waals surface area contributed by atoms with Gasteiger partial charge in [-0.05, 0) is 77.7 Å². The summed E-state index contributed by atoms with van der Waals surface area (Å²) in [5.41, 5.74) is 4.66. The van der Waals surface area contributed by atoms with E-state index in [0.717, 1.165) is 41.3 Å². The first-order chi connectivity index (χ1) is 22.8. The van der Waals surface area contributed by atoms with Gasteiger partial charge < -0.3 is 18.9 Å². The third-order valence-electron chi connectivity index (χ3n) is 6.46. The van der Waals surface area contributed by atoms with Crippen LogP contribution in [0, 0.1) is 11.8 Å². The third-order valence-corrected chi connectivity index (χ3v) is 6.46. The lowest BCUT2D eigenvalue weighted by Gasteiger charge is -2.14. The van der Waals surface area contributed by atoms with Gasteiger partial charge in [0.25, 0.3) is 0 Å². The lowest BCUT2D eigenvalue weighted by Crippen LogP contribution is -2.06. The SMILES string of the molecule is C=CC(=O)Oc1ccc(C#Cc2cc(OCCC)c(C=Cc3ccc(-c4ccc(OC(=O)C=C)cc4)cc3)c(OC(=O)C=C)c2)cc1. The van der Waals surface area contributed by atoms with Crippen molar-refractivity contribution >= 4 is 30.1 Å². The van der Waals surface area contributed by atoms with Crippen LogP contribution in [0.2, 0.25) is 0 Å². The van der Waals surface area contributed by atoms with E-state index in [9.17, 15) is 14.4 Å². The van der Waals surface area contributed by atoms with Gasteiger partial charge in [-0.1, -0.05) is 81.0 Å². The molecular weight excluding hydrogens is 592 g/mol. The number of esters is 3. The molecule has 0 heterocycles. The molecule has 0 bridgehead atoms. The molecule has 0 fully saturated rings. The Morgan fingerprint density at radius 3 is 1.66 bits per heavy atom. The number of hydrogen-bond donors (Lipinski definition) is 0. The largest absolute Gasteiger partial charge is 0.493 e. The molecule has 0 atom stereocenters. The maximum atomic E-state index is 12.3. The summed E-state index contributed by atoms with van der Waals surface area (Å²) in [5, 5.41) is 0. The topological polar surface area (TPSA) is 88.1 Å². The Balaban J connectivity index is 1.61. The van der Waals surface area contributed by atoms with Crippen LogP contribution in [0.3, 0.4) is 0 Å². The summed E-state index contributed by atoms with van der Waals surface area (Å²) in [6.45, 7) is 12.8. The monoisotopic (exact) mass is 624 g/mol. The molecule has 0 N–H and O–H groups in total. The van der Waals surface area contributed by atoms with Crippen LogP contribution in [0.5, 0.6) is 23.0 Å². The Morgan fingerprint density at radius 2 is 1.11 bits per heavy atom. The molecule has 234 valence electrons. The first-order valence-electron chi connectivity index (χ1n) is 14.7. The zero-order chi connectivity index (χ0) is 33.6. The fourth-order valence-electron chi connectivity index (χ4n) is 4.15. The summed E-state index contributed by atoms with van der Waals surface area (Å²) in [7, 11) is 0. The molecule has 7 heteroatoms. The normalized spacial score (nSPS) is 10.2. The number of benzene rings is 4. The van der Waals surface area contributed by atoms with Crippen LogP contribution in [0.1, 0.15) is 35.6 Å². The van der Waals surface area contributed by atoms with Crippen LogP contribution in [-0.2, 0) is 14.4 Å². The number of carbonyl (C=O) groups is 3. The fraction of sp³-hybridized carbons (Fsp3) is 0.0750. The van der Waals surface area contributed by atoms with Gasteiger partial charge in [-0.25, -0.2) is 14.4 Å². The molecule has 4 aromatic rings. The third kappa shape index (κ3) is 9.80. The van der Waals surface area contributed by atoms with Crippen molar-refractivity contribution in [1.82, 2.24) is 0 Å². The lowest BCUT2D eigenvalue weighted by atomic mass is 10.0. The van der Waals surface area contributed by atoms with E-state index >= 15 is 0 Å². The van der Waals surface area contributed by atoms with Crippen LogP contribution in [-0.4, -0.2) is 24.5 Å². The Morgan fingerprint density at radius 1 is 0.617 bits per heavy atom. The van der Waals surface area contributed by atoms with Gasteiger partial charge in [-0.15, -0.1) is 0 Å². The van der Waals surface area contributed by atoms with Gasteiger partial charge >= 0.3 is 17.9 Å². The highest BCUT2D eigenvalue weighted by Gasteiger charge is 2.14. The van der Waals surface area contributed by atoms with Gasteiger partial charge in [0.2, 0.25) is 0 Å². The zero-order valence-corrected chi connectivity index (χ0v) is 25.9. The Bertz CT molecular complexity index is 1870. The van der Waals surface area contributed by atoms with Crippen molar-refractivity contribution in [3.05, 3.63) is 145 Å². The van der Waals surface area contributed by atoms with E-state index in [0.29, 0.717) is 40.5 Å². The molecule has 4 aromatic carbocycles. The molecule has 0 amide bonds. The zero-order valence-electron chi connectivity index (χ0n) is 25.9. The molecule has 0 saturated heterocycles. The molecule has 0 spiro atoms. The van der Waals surface area contributed by atoms with Crippen molar-refractivity contribution in [3.63, 3.8) is 0 Å². The molecule has 0 aliphatic carbocycles. The number of hydrogen-bond acceptors (Lipinski definition) is 7. The summed E-state index contributed by atoms with van der Waals surface area (Å²) in [6.07, 6.45) is 7.79. The second kappa shape index (κ2) is 16.6. The van der Waals surface area contributed by atoms with Crippen LogP contribution in [0.25, 0.3) is 23.3 Å². The smallest absolute Gasteiger partial charge is 0.335 e. The summed E-state index contributed by atoms with van der Waals surface area (Å²) in [4.78, 5) is 35.2. The molecule has 0 unspecified atom stereocenters. The number of carbonyl (C=O) groups excluding carboxylic acids is 3. The molecular formula is C40H32O7. The van der Waals surface area contributed by atoms with Gasteiger partial charge in [0, 0.05) is 29.4 Å². The predicted molar refractivity (Wildman–Crippen MR) is 183 cm³/mol. The molecule has 0 radical (unpaired) electrons. The van der Waals surface area contributed by atoms with Crippen molar-refractivity contribution in [2.75, 3.05) is 6.61 Å². The van der Waals surface area contributed by atoms with E-state index in [1.165, 1.54) is 0 Å². The van der Waals surface area contributed by atoms with Crippen molar-refractivity contribution in [1.29, 1.82) is 0 Å². The molecule has 47 heavy (non-hydrogen) atoms. The molecule has 7 nitrogen and oxygen atoms in total. The van der Waals surface area contributed by atoms with E-state index in [4.69, 9.17) is 18.9 Å². The average molecular weight is 625 g/mol. The second-order valence-corrected chi connectivity index (χ2v) is 9.86. The number of ether oxygens (including phenoxy) is 4. The molecule has 0 aromatic heterocycles. The number of rotatable bonds is 12. The fourth-order valence-corrected chi connectivity index (χ4v) is 4.15. The molecule has 0 aliphatic rings. The maximum Gasteiger partial charge on any atom is 0.335 e. The summed E-state index contributed by atoms with van der Waals surface area (Å²) >= 11 is 0. The van der Waals surface area contributed by atoms with Gasteiger partial charge in [-0.3, -0.25) is 0 Å². The molecule has 4 rings (SSSR count). The minimum atomic E-state index is -0.620. The van der Waals surface area contributed by atoms with E-state index in [-0.39, 0.29) is 5.75 Å². The highest BCUT2D eigenvalue weighted by atomic mass is 16.5. The van der Waals surface area contributed by atoms with Crippen molar-refractivity contribution in [3.8, 4) is 46.0 Å². The summed E-state index contributed by atoms with van der Waals surface area (Å²) < 4.78 is 22.0. The highest BCUT2D eigenvalue weighted by molar-refractivity contribution is 5.86. The van der Waals surface area contributed by atoms with Gasteiger partial charge in [0.05, 0.1) is 12.2 Å². The standard InChI is InChI=1S/C40H32O7/c1-5-25-44-36-26-30(10-9-28-13-20-33(21-14-28)45-38(41)6-2)27-37(47-40(43)8-4)35(36)24-15-29-11-16-31(17-12-29)32-18-22-34(23-19-32)46-39(42)7-3/h6-8,11-24,26-27H,2-5,25H2,1H3. The van der Waals surface area contributed by atoms with Crippen molar-refractivity contribution in [2.45, 2.75) is 13.3 Å². The molecule has 0 saturated carbocycles. The van der Waals surface area contributed by atoms with Gasteiger partial charge in [0.1, 0.15) is 23.0 Å². The first kappa shape index (κ1) is 33.5. The Hall–Kier alpha value is -6.39. The van der Waals surface area contributed by atoms with E-state index < -0.39 is 17.9 Å². The predicted octanol–water partition coefficient (Wildman–Crippen LogP) is 7.99.